The minimum absolute atomic E-state index is 0.244. The van der Waals surface area contributed by atoms with Crippen molar-refractivity contribution in [3.8, 4) is 11.5 Å². The zero-order chi connectivity index (χ0) is 11.7. The van der Waals surface area contributed by atoms with Crippen molar-refractivity contribution in [1.82, 2.24) is 0 Å². The lowest BCUT2D eigenvalue weighted by molar-refractivity contribution is 0.0981. The summed E-state index contributed by atoms with van der Waals surface area (Å²) >= 11 is 0. The van der Waals surface area contributed by atoms with E-state index < -0.39 is 0 Å². The quantitative estimate of drug-likeness (QED) is 0.645. The van der Waals surface area contributed by atoms with Gasteiger partial charge in [0.05, 0.1) is 13.2 Å². The van der Waals surface area contributed by atoms with E-state index in [1.807, 2.05) is 12.1 Å². The number of ketones is 1. The van der Waals surface area contributed by atoms with E-state index in [4.69, 9.17) is 9.47 Å². The van der Waals surface area contributed by atoms with Crippen LogP contribution in [-0.2, 0) is 6.42 Å². The molecule has 0 bridgehead atoms. The van der Waals surface area contributed by atoms with Gasteiger partial charge in [-0.05, 0) is 37.0 Å². The predicted octanol–water partition coefficient (Wildman–Crippen LogP) is 2.76. The van der Waals surface area contributed by atoms with E-state index in [1.165, 1.54) is 0 Å². The van der Waals surface area contributed by atoms with E-state index in [0.29, 0.717) is 19.6 Å². The van der Waals surface area contributed by atoms with Crippen LogP contribution in [0.15, 0.2) is 12.1 Å². The SMILES string of the molecule is O=C1CCCCc2cc3c(cc21)OCCCO3. The highest BCUT2D eigenvalue weighted by molar-refractivity contribution is 5.98. The molecule has 3 heteroatoms. The molecule has 0 fully saturated rings. The van der Waals surface area contributed by atoms with Crippen LogP contribution in [0.25, 0.3) is 0 Å². The fraction of sp³-hybridized carbons (Fsp3) is 0.500. The summed E-state index contributed by atoms with van der Waals surface area (Å²) in [6.45, 7) is 1.36. The molecule has 0 atom stereocenters. The molecule has 1 aliphatic heterocycles. The molecule has 0 N–H and O–H groups in total. The zero-order valence-electron chi connectivity index (χ0n) is 9.83. The van der Waals surface area contributed by atoms with Gasteiger partial charge >= 0.3 is 0 Å². The van der Waals surface area contributed by atoms with Gasteiger partial charge in [0.2, 0.25) is 0 Å². The maximum Gasteiger partial charge on any atom is 0.163 e. The zero-order valence-corrected chi connectivity index (χ0v) is 9.83. The van der Waals surface area contributed by atoms with Crippen LogP contribution in [0.5, 0.6) is 11.5 Å². The Labute approximate surface area is 101 Å². The second kappa shape index (κ2) is 4.40. The maximum absolute atomic E-state index is 12.0. The third-order valence-electron chi connectivity index (χ3n) is 3.37. The lowest BCUT2D eigenvalue weighted by Gasteiger charge is -2.11. The van der Waals surface area contributed by atoms with Crippen molar-refractivity contribution in [2.45, 2.75) is 32.1 Å². The minimum Gasteiger partial charge on any atom is -0.490 e. The summed E-state index contributed by atoms with van der Waals surface area (Å²) in [7, 11) is 0. The summed E-state index contributed by atoms with van der Waals surface area (Å²) in [4.78, 5) is 12.0. The van der Waals surface area contributed by atoms with Gasteiger partial charge in [-0.3, -0.25) is 4.79 Å². The minimum atomic E-state index is 0.244. The highest BCUT2D eigenvalue weighted by atomic mass is 16.5. The first-order chi connectivity index (χ1) is 8.34. The molecule has 0 unspecified atom stereocenters. The van der Waals surface area contributed by atoms with Crippen LogP contribution in [0.4, 0.5) is 0 Å². The molecule has 0 spiro atoms. The van der Waals surface area contributed by atoms with Gasteiger partial charge in [0, 0.05) is 18.4 Å². The lowest BCUT2D eigenvalue weighted by Crippen LogP contribution is -2.02. The standard InChI is InChI=1S/C14H16O3/c15-12-5-2-1-4-10-8-13-14(9-11(10)12)17-7-3-6-16-13/h8-9H,1-7H2. The molecule has 0 saturated carbocycles. The van der Waals surface area contributed by atoms with Crippen LogP contribution < -0.4 is 9.47 Å². The number of benzene rings is 1. The number of fused-ring (bicyclic) bond motifs is 2. The summed E-state index contributed by atoms with van der Waals surface area (Å²) < 4.78 is 11.3. The fourth-order valence-electron chi connectivity index (χ4n) is 2.45. The van der Waals surface area contributed by atoms with E-state index >= 15 is 0 Å². The number of rotatable bonds is 0. The van der Waals surface area contributed by atoms with Crippen molar-refractivity contribution >= 4 is 5.78 Å². The Morgan fingerprint density at radius 3 is 2.41 bits per heavy atom. The second-order valence-electron chi connectivity index (χ2n) is 4.64. The number of aryl methyl sites for hydroxylation is 1. The maximum atomic E-state index is 12.0. The Morgan fingerprint density at radius 2 is 1.59 bits per heavy atom. The molecule has 90 valence electrons. The van der Waals surface area contributed by atoms with Gasteiger partial charge in [0.1, 0.15) is 0 Å². The molecule has 0 aromatic heterocycles. The molecule has 0 amide bonds. The van der Waals surface area contributed by atoms with Crippen molar-refractivity contribution in [2.75, 3.05) is 13.2 Å². The molecule has 0 saturated heterocycles. The van der Waals surface area contributed by atoms with Gasteiger partial charge in [-0.1, -0.05) is 0 Å². The van der Waals surface area contributed by atoms with E-state index in [1.54, 1.807) is 0 Å². The van der Waals surface area contributed by atoms with Crippen LogP contribution in [0.2, 0.25) is 0 Å². The monoisotopic (exact) mass is 232 g/mol. The topological polar surface area (TPSA) is 35.5 Å². The average Bonchev–Trinajstić information content (AvgIpc) is 2.66. The Kier molecular flexibility index (Phi) is 2.75. The van der Waals surface area contributed by atoms with Crippen molar-refractivity contribution < 1.29 is 14.3 Å². The van der Waals surface area contributed by atoms with Crippen molar-refractivity contribution in [2.24, 2.45) is 0 Å². The molecular weight excluding hydrogens is 216 g/mol. The summed E-state index contributed by atoms with van der Waals surface area (Å²) in [5, 5.41) is 0. The van der Waals surface area contributed by atoms with Crippen LogP contribution in [0.3, 0.4) is 0 Å². The number of hydrogen-bond donors (Lipinski definition) is 0. The number of carbonyl (C=O) groups excluding carboxylic acids is 1. The molecule has 1 aromatic carbocycles. The molecule has 3 rings (SSSR count). The highest BCUT2D eigenvalue weighted by Gasteiger charge is 2.20. The molecule has 1 aromatic rings. The fourth-order valence-corrected chi connectivity index (χ4v) is 2.45. The second-order valence-corrected chi connectivity index (χ2v) is 4.64. The van der Waals surface area contributed by atoms with E-state index in [9.17, 15) is 4.79 Å². The number of carbonyl (C=O) groups is 1. The molecule has 17 heavy (non-hydrogen) atoms. The first-order valence-corrected chi connectivity index (χ1v) is 6.30. The van der Waals surface area contributed by atoms with Crippen molar-refractivity contribution in [3.63, 3.8) is 0 Å². The third-order valence-corrected chi connectivity index (χ3v) is 3.37. The van der Waals surface area contributed by atoms with E-state index in [2.05, 4.69) is 0 Å². The summed E-state index contributed by atoms with van der Waals surface area (Å²) in [5.74, 6) is 1.78. The van der Waals surface area contributed by atoms with Crippen molar-refractivity contribution in [1.29, 1.82) is 0 Å². The first kappa shape index (κ1) is 10.6. The van der Waals surface area contributed by atoms with Crippen LogP contribution in [0, 0.1) is 0 Å². The average molecular weight is 232 g/mol. The summed E-state index contributed by atoms with van der Waals surface area (Å²) in [5.41, 5.74) is 1.96. The lowest BCUT2D eigenvalue weighted by atomic mass is 10.0. The van der Waals surface area contributed by atoms with Gasteiger partial charge < -0.3 is 9.47 Å². The van der Waals surface area contributed by atoms with Crippen LogP contribution in [-0.4, -0.2) is 19.0 Å². The highest BCUT2D eigenvalue weighted by Crippen LogP contribution is 2.35. The Bertz CT molecular complexity index is 451. The molecule has 0 radical (unpaired) electrons. The number of hydrogen-bond acceptors (Lipinski definition) is 3. The van der Waals surface area contributed by atoms with Gasteiger partial charge in [0.25, 0.3) is 0 Å². The number of ether oxygens (including phenoxy) is 2. The smallest absolute Gasteiger partial charge is 0.163 e. The van der Waals surface area contributed by atoms with Gasteiger partial charge in [0.15, 0.2) is 17.3 Å². The van der Waals surface area contributed by atoms with Crippen LogP contribution >= 0.6 is 0 Å². The molecule has 3 nitrogen and oxygen atoms in total. The molecule has 1 aliphatic carbocycles. The molecular formula is C14H16O3. The largest absolute Gasteiger partial charge is 0.490 e. The summed E-state index contributed by atoms with van der Waals surface area (Å²) in [6.07, 6.45) is 4.59. The molecule has 1 heterocycles. The van der Waals surface area contributed by atoms with E-state index in [-0.39, 0.29) is 5.78 Å². The normalized spacial score (nSPS) is 19.2. The third kappa shape index (κ3) is 2.02. The predicted molar refractivity (Wildman–Crippen MR) is 63.9 cm³/mol. The van der Waals surface area contributed by atoms with Crippen molar-refractivity contribution in [3.05, 3.63) is 23.3 Å². The van der Waals surface area contributed by atoms with Gasteiger partial charge in [-0.15, -0.1) is 0 Å². The summed E-state index contributed by atoms with van der Waals surface area (Å²) in [6, 6.07) is 3.88. The Morgan fingerprint density at radius 1 is 0.882 bits per heavy atom. The van der Waals surface area contributed by atoms with Crippen LogP contribution in [0.1, 0.15) is 41.6 Å². The number of Topliss-reactive ketones (excluding diaryl/α,β-unsaturated/α-hetero) is 1. The molecule has 2 aliphatic rings. The van der Waals surface area contributed by atoms with Gasteiger partial charge in [-0.2, -0.15) is 0 Å². The van der Waals surface area contributed by atoms with Gasteiger partial charge in [-0.25, -0.2) is 0 Å². The Balaban J connectivity index is 2.06. The van der Waals surface area contributed by atoms with E-state index in [0.717, 1.165) is 48.3 Å². The first-order valence-electron chi connectivity index (χ1n) is 6.30. The Hall–Kier alpha value is -1.51.